The molecule has 58 heavy (non-hydrogen) atoms. The molecule has 14 heteroatoms. The number of nitrogens with zero attached hydrogens (tertiary/aromatic N) is 5. The number of carbonyl (C=O) groups excluding carboxylic acids is 2. The SMILES string of the molecule is CCOC(=O)C1(CCCn2c(=O)cnc3ccccc32)CCN(CCSc2cccs2)CC1.CCOC(=O)C1(CCCn2c(=O)cnc3ccccc32)CCNCC1. The first-order valence-electron chi connectivity index (χ1n) is 20.6. The molecule has 12 nitrogen and oxygen atoms in total. The highest BCUT2D eigenvalue weighted by atomic mass is 32.2. The van der Waals surface area contributed by atoms with Crippen LogP contribution in [0.4, 0.5) is 0 Å². The first-order valence-corrected chi connectivity index (χ1v) is 22.5. The van der Waals surface area contributed by atoms with E-state index in [0.29, 0.717) is 26.3 Å². The normalized spacial score (nSPS) is 16.4. The molecule has 0 amide bonds. The predicted octanol–water partition coefficient (Wildman–Crippen LogP) is 6.79. The van der Waals surface area contributed by atoms with Crippen molar-refractivity contribution in [2.75, 3.05) is 51.7 Å². The average molecular weight is 829 g/mol. The molecular weight excluding hydrogens is 773 g/mol. The van der Waals surface area contributed by atoms with Crippen LogP contribution in [0.2, 0.25) is 0 Å². The third kappa shape index (κ3) is 10.8. The topological polar surface area (TPSA) is 138 Å². The number of nitrogens with one attached hydrogen (secondary N) is 1. The Morgan fingerprint density at radius 2 is 1.24 bits per heavy atom. The van der Waals surface area contributed by atoms with Crippen LogP contribution in [0.3, 0.4) is 0 Å². The molecule has 2 aromatic carbocycles. The summed E-state index contributed by atoms with van der Waals surface area (Å²) in [6.45, 7) is 10.2. The molecule has 2 aliphatic rings. The van der Waals surface area contributed by atoms with Gasteiger partial charge in [-0.05, 0) is 127 Å². The second-order valence-electron chi connectivity index (χ2n) is 15.1. The standard InChI is InChI=1S/C25H31N3O3S2.C19H25N3O3/c1-2-31-24(30)25(11-14-27(15-12-25)16-18-33-23-9-5-17-32-23)10-6-13-28-21-8-4-3-7-20(21)26-19-22(28)29;1-2-25-18(24)19(9-11-20-12-10-19)8-5-13-22-16-7-4-3-6-15(16)21-14-17(22)23/h3-5,7-9,17,19H,2,6,10-16,18H2,1H3;3-4,6-7,14,20H,2,5,8-13H2,1H3. The second-order valence-corrected chi connectivity index (χ2v) is 17.4. The van der Waals surface area contributed by atoms with Gasteiger partial charge in [0.1, 0.15) is 0 Å². The van der Waals surface area contributed by atoms with E-state index in [-0.39, 0.29) is 23.1 Å². The molecule has 310 valence electrons. The van der Waals surface area contributed by atoms with Gasteiger partial charge in [-0.2, -0.15) is 0 Å². The van der Waals surface area contributed by atoms with E-state index in [2.05, 4.69) is 37.7 Å². The predicted molar refractivity (Wildman–Crippen MR) is 231 cm³/mol. The summed E-state index contributed by atoms with van der Waals surface area (Å²) in [5.74, 6) is 0.887. The number of benzene rings is 2. The molecular formula is C44H56N6O6S2. The van der Waals surface area contributed by atoms with Crippen LogP contribution >= 0.6 is 23.1 Å². The number of carbonyl (C=O) groups is 2. The van der Waals surface area contributed by atoms with E-state index < -0.39 is 10.8 Å². The van der Waals surface area contributed by atoms with Crippen molar-refractivity contribution >= 4 is 57.1 Å². The summed E-state index contributed by atoms with van der Waals surface area (Å²) < 4.78 is 15.7. The molecule has 0 radical (unpaired) electrons. The van der Waals surface area contributed by atoms with E-state index in [1.54, 1.807) is 20.5 Å². The van der Waals surface area contributed by atoms with Crippen molar-refractivity contribution in [2.24, 2.45) is 10.8 Å². The monoisotopic (exact) mass is 828 g/mol. The van der Waals surface area contributed by atoms with Gasteiger partial charge in [0.05, 0.1) is 62.7 Å². The summed E-state index contributed by atoms with van der Waals surface area (Å²) in [6, 6.07) is 19.6. The van der Waals surface area contributed by atoms with Crippen molar-refractivity contribution in [1.82, 2.24) is 29.3 Å². The van der Waals surface area contributed by atoms with Gasteiger partial charge in [0.15, 0.2) is 0 Å². The summed E-state index contributed by atoms with van der Waals surface area (Å²) in [7, 11) is 0. The van der Waals surface area contributed by atoms with Gasteiger partial charge in [-0.3, -0.25) is 19.2 Å². The quantitative estimate of drug-likeness (QED) is 0.0832. The summed E-state index contributed by atoms with van der Waals surface area (Å²) in [5, 5.41) is 5.42. The molecule has 1 N–H and O–H groups in total. The number of ether oxygens (including phenoxy) is 2. The lowest BCUT2D eigenvalue weighted by Crippen LogP contribution is -2.46. The summed E-state index contributed by atoms with van der Waals surface area (Å²) in [4.78, 5) is 61.1. The highest BCUT2D eigenvalue weighted by molar-refractivity contribution is 8.01. The Morgan fingerprint density at radius 3 is 1.74 bits per heavy atom. The van der Waals surface area contributed by atoms with Gasteiger partial charge in [-0.15, -0.1) is 23.1 Å². The van der Waals surface area contributed by atoms with E-state index in [9.17, 15) is 19.2 Å². The summed E-state index contributed by atoms with van der Waals surface area (Å²) in [5.41, 5.74) is 2.22. The maximum Gasteiger partial charge on any atom is 0.312 e. The zero-order chi connectivity index (χ0) is 40.8. The molecule has 2 saturated heterocycles. The Labute approximate surface area is 348 Å². The molecule has 0 atom stereocenters. The molecule has 3 aromatic heterocycles. The first kappa shape index (κ1) is 43.2. The van der Waals surface area contributed by atoms with E-state index >= 15 is 0 Å². The number of aromatic nitrogens is 4. The Bertz CT molecular complexity index is 2210. The number of likely N-dealkylation sites (tertiary alicyclic amines) is 1. The Balaban J connectivity index is 0.000000203. The number of hydrogen-bond acceptors (Lipinski definition) is 12. The molecule has 7 rings (SSSR count). The van der Waals surface area contributed by atoms with Crippen LogP contribution in [-0.4, -0.2) is 87.6 Å². The lowest BCUT2D eigenvalue weighted by atomic mass is 9.74. The minimum absolute atomic E-state index is 0.0791. The third-order valence-corrected chi connectivity index (χ3v) is 13.6. The third-order valence-electron chi connectivity index (χ3n) is 11.5. The number of esters is 2. The van der Waals surface area contributed by atoms with Gasteiger partial charge in [0, 0.05) is 25.4 Å². The Morgan fingerprint density at radius 1 is 0.724 bits per heavy atom. The molecule has 2 aliphatic heterocycles. The minimum Gasteiger partial charge on any atom is -0.466 e. The van der Waals surface area contributed by atoms with E-state index in [4.69, 9.17) is 9.47 Å². The Kier molecular flexibility index (Phi) is 15.7. The van der Waals surface area contributed by atoms with Crippen molar-refractivity contribution in [1.29, 1.82) is 0 Å². The van der Waals surface area contributed by atoms with Gasteiger partial charge in [-0.25, -0.2) is 9.97 Å². The second kappa shape index (κ2) is 21.1. The van der Waals surface area contributed by atoms with Gasteiger partial charge >= 0.3 is 11.9 Å². The number of hydrogen-bond donors (Lipinski definition) is 1. The number of fused-ring (bicyclic) bond motifs is 2. The number of piperidine rings is 2. The molecule has 0 aliphatic carbocycles. The highest BCUT2D eigenvalue weighted by Gasteiger charge is 2.42. The summed E-state index contributed by atoms with van der Waals surface area (Å²) >= 11 is 3.68. The van der Waals surface area contributed by atoms with Crippen molar-refractivity contribution in [3.63, 3.8) is 0 Å². The van der Waals surface area contributed by atoms with Gasteiger partial charge in [0.25, 0.3) is 11.1 Å². The van der Waals surface area contributed by atoms with Crippen LogP contribution in [0.5, 0.6) is 0 Å². The van der Waals surface area contributed by atoms with Crippen molar-refractivity contribution < 1.29 is 19.1 Å². The van der Waals surface area contributed by atoms with Crippen molar-refractivity contribution in [3.8, 4) is 0 Å². The van der Waals surface area contributed by atoms with E-state index in [1.807, 2.05) is 74.1 Å². The Hall–Kier alpha value is -4.37. The fraction of sp³-hybridized carbons (Fsp3) is 0.500. The van der Waals surface area contributed by atoms with Crippen LogP contribution in [0.15, 0.2) is 92.2 Å². The van der Waals surface area contributed by atoms with E-state index in [1.165, 1.54) is 16.6 Å². The van der Waals surface area contributed by atoms with Crippen molar-refractivity contribution in [3.05, 3.63) is 99.1 Å². The van der Waals surface area contributed by atoms with Crippen LogP contribution in [0.25, 0.3) is 22.1 Å². The summed E-state index contributed by atoms with van der Waals surface area (Å²) in [6.07, 6.45) is 8.92. The number of aryl methyl sites for hydroxylation is 2. The average Bonchev–Trinajstić information content (AvgIpc) is 3.77. The molecule has 0 bridgehead atoms. The van der Waals surface area contributed by atoms with Crippen molar-refractivity contribution in [2.45, 2.75) is 82.5 Å². The number of para-hydroxylation sites is 4. The number of thiophene rings is 1. The molecule has 2 fully saturated rings. The van der Waals surface area contributed by atoms with Gasteiger partial charge in [0.2, 0.25) is 0 Å². The molecule has 5 aromatic rings. The molecule has 0 unspecified atom stereocenters. The van der Waals surface area contributed by atoms with Crippen LogP contribution in [0, 0.1) is 10.8 Å². The highest BCUT2D eigenvalue weighted by Crippen LogP contribution is 2.39. The fourth-order valence-corrected chi connectivity index (χ4v) is 10.1. The van der Waals surface area contributed by atoms with Gasteiger partial charge < -0.3 is 28.8 Å². The van der Waals surface area contributed by atoms with E-state index in [0.717, 1.165) is 112 Å². The lowest BCUT2D eigenvalue weighted by Gasteiger charge is -2.40. The largest absolute Gasteiger partial charge is 0.466 e. The maximum absolute atomic E-state index is 13.0. The van der Waals surface area contributed by atoms with Crippen LogP contribution in [0.1, 0.15) is 65.2 Å². The number of rotatable bonds is 16. The molecule has 0 spiro atoms. The van der Waals surface area contributed by atoms with Crippen LogP contribution < -0.4 is 16.4 Å². The van der Waals surface area contributed by atoms with Crippen LogP contribution in [-0.2, 0) is 32.2 Å². The maximum atomic E-state index is 13.0. The zero-order valence-electron chi connectivity index (χ0n) is 33.7. The lowest BCUT2D eigenvalue weighted by molar-refractivity contribution is -0.159. The molecule has 0 saturated carbocycles. The smallest absolute Gasteiger partial charge is 0.312 e. The fourth-order valence-electron chi connectivity index (χ4n) is 8.25. The first-order chi connectivity index (χ1) is 28.3. The number of thioether (sulfide) groups is 1. The zero-order valence-corrected chi connectivity index (χ0v) is 35.4. The van der Waals surface area contributed by atoms with Gasteiger partial charge in [-0.1, -0.05) is 30.3 Å². The molecule has 5 heterocycles. The minimum atomic E-state index is -0.458.